The molecule has 114 valence electrons. The average molecular weight is 372 g/mol. The van der Waals surface area contributed by atoms with Gasteiger partial charge < -0.3 is 4.42 Å². The van der Waals surface area contributed by atoms with Crippen LogP contribution < -0.4 is 0 Å². The van der Waals surface area contributed by atoms with E-state index in [4.69, 9.17) is 4.42 Å². The van der Waals surface area contributed by atoms with Crippen LogP contribution in [0.2, 0.25) is 0 Å². The third-order valence-corrected chi connectivity index (χ3v) is 5.51. The summed E-state index contributed by atoms with van der Waals surface area (Å²) in [7, 11) is -1.97. The first-order valence-corrected chi connectivity index (χ1v) is 8.84. The summed E-state index contributed by atoms with van der Waals surface area (Å²) in [5.74, 6) is 0.965. The van der Waals surface area contributed by atoms with E-state index >= 15 is 0 Å². The molecule has 0 aliphatic rings. The molecule has 0 aliphatic heterocycles. The Balaban J connectivity index is 2.20. The van der Waals surface area contributed by atoms with Crippen LogP contribution in [-0.2, 0) is 16.6 Å². The van der Waals surface area contributed by atoms with Crippen LogP contribution in [-0.4, -0.2) is 19.8 Å². The van der Waals surface area contributed by atoms with E-state index in [0.717, 1.165) is 5.56 Å². The van der Waals surface area contributed by atoms with Crippen molar-refractivity contribution in [1.82, 2.24) is 4.31 Å². The predicted molar refractivity (Wildman–Crippen MR) is 85.6 cm³/mol. The van der Waals surface area contributed by atoms with Crippen molar-refractivity contribution >= 4 is 26.0 Å². The van der Waals surface area contributed by atoms with Gasteiger partial charge in [0.25, 0.3) is 0 Å². The molecule has 1 heterocycles. The van der Waals surface area contributed by atoms with E-state index in [1.807, 2.05) is 12.1 Å². The summed E-state index contributed by atoms with van der Waals surface area (Å²) >= 11 is 3.20. The number of halogens is 1. The minimum atomic E-state index is -3.51. The number of rotatable bonds is 5. The maximum atomic E-state index is 12.5. The molecule has 0 bridgehead atoms. The van der Waals surface area contributed by atoms with Crippen molar-refractivity contribution < 1.29 is 12.8 Å². The van der Waals surface area contributed by atoms with E-state index in [1.165, 1.54) is 4.31 Å². The Bertz CT molecular complexity index is 705. The van der Waals surface area contributed by atoms with Crippen LogP contribution in [0.5, 0.6) is 0 Å². The molecule has 0 amide bonds. The van der Waals surface area contributed by atoms with Crippen molar-refractivity contribution in [3.63, 3.8) is 0 Å². The summed E-state index contributed by atoms with van der Waals surface area (Å²) in [6.45, 7) is 4.34. The van der Waals surface area contributed by atoms with E-state index in [2.05, 4.69) is 29.8 Å². The van der Waals surface area contributed by atoms with Gasteiger partial charge in [0.1, 0.15) is 5.76 Å². The van der Waals surface area contributed by atoms with Crippen LogP contribution in [0.25, 0.3) is 0 Å². The van der Waals surface area contributed by atoms with Gasteiger partial charge in [0.15, 0.2) is 4.67 Å². The van der Waals surface area contributed by atoms with Gasteiger partial charge in [-0.15, -0.1) is 0 Å². The maximum Gasteiger partial charge on any atom is 0.243 e. The lowest BCUT2D eigenvalue weighted by Gasteiger charge is -2.16. The molecular formula is C15H18BrNO3S. The lowest BCUT2D eigenvalue weighted by molar-refractivity contribution is 0.398. The second kappa shape index (κ2) is 6.34. The fraction of sp³-hybridized carbons (Fsp3) is 0.333. The van der Waals surface area contributed by atoms with Crippen molar-refractivity contribution in [2.24, 2.45) is 0 Å². The van der Waals surface area contributed by atoms with Crippen LogP contribution in [0.3, 0.4) is 0 Å². The van der Waals surface area contributed by atoms with Crippen LogP contribution in [0.15, 0.2) is 50.4 Å². The Morgan fingerprint density at radius 3 is 2.24 bits per heavy atom. The van der Waals surface area contributed by atoms with E-state index in [1.54, 1.807) is 31.3 Å². The topological polar surface area (TPSA) is 50.5 Å². The van der Waals surface area contributed by atoms with Gasteiger partial charge >= 0.3 is 0 Å². The second-order valence-electron chi connectivity index (χ2n) is 5.19. The molecule has 6 heteroatoms. The third kappa shape index (κ3) is 3.75. The van der Waals surface area contributed by atoms with Gasteiger partial charge in [-0.3, -0.25) is 0 Å². The highest BCUT2D eigenvalue weighted by atomic mass is 79.9. The molecule has 4 nitrogen and oxygen atoms in total. The van der Waals surface area contributed by atoms with Crippen molar-refractivity contribution in [2.75, 3.05) is 7.05 Å². The first kappa shape index (κ1) is 16.3. The Labute approximate surface area is 133 Å². The number of furan rings is 1. The number of benzene rings is 1. The molecule has 0 saturated heterocycles. The average Bonchev–Trinajstić information content (AvgIpc) is 2.84. The summed E-state index contributed by atoms with van der Waals surface area (Å²) < 4.78 is 32.2. The first-order valence-electron chi connectivity index (χ1n) is 6.61. The van der Waals surface area contributed by atoms with Crippen LogP contribution in [0, 0.1) is 0 Å². The Morgan fingerprint density at radius 1 is 1.14 bits per heavy atom. The number of nitrogens with zero attached hydrogens (tertiary/aromatic N) is 1. The van der Waals surface area contributed by atoms with Gasteiger partial charge in [0.2, 0.25) is 10.0 Å². The maximum absolute atomic E-state index is 12.5. The molecule has 0 atom stereocenters. The molecule has 0 saturated carbocycles. The lowest BCUT2D eigenvalue weighted by atomic mass is 10.0. The molecule has 1 aromatic heterocycles. The normalized spacial score (nSPS) is 12.3. The molecular weight excluding hydrogens is 354 g/mol. The molecule has 0 radical (unpaired) electrons. The van der Waals surface area contributed by atoms with Gasteiger partial charge in [-0.05, 0) is 51.7 Å². The fourth-order valence-corrected chi connectivity index (χ4v) is 3.42. The van der Waals surface area contributed by atoms with Crippen LogP contribution in [0.4, 0.5) is 0 Å². The monoisotopic (exact) mass is 371 g/mol. The predicted octanol–water partition coefficient (Wildman–Crippen LogP) is 3.99. The van der Waals surface area contributed by atoms with Crippen molar-refractivity contribution in [1.29, 1.82) is 0 Å². The summed E-state index contributed by atoms with van der Waals surface area (Å²) in [6.07, 6.45) is 0. The van der Waals surface area contributed by atoms with E-state index < -0.39 is 10.0 Å². The van der Waals surface area contributed by atoms with E-state index in [-0.39, 0.29) is 6.54 Å². The second-order valence-corrected chi connectivity index (χ2v) is 8.02. The minimum Gasteiger partial charge on any atom is -0.453 e. The van der Waals surface area contributed by atoms with Crippen molar-refractivity contribution in [3.05, 3.63) is 52.4 Å². The zero-order valence-electron chi connectivity index (χ0n) is 12.2. The zero-order chi connectivity index (χ0) is 15.6. The summed E-state index contributed by atoms with van der Waals surface area (Å²) in [4.78, 5) is 0.292. The molecule has 0 fully saturated rings. The van der Waals surface area contributed by atoms with Gasteiger partial charge in [0.05, 0.1) is 11.4 Å². The fourth-order valence-electron chi connectivity index (χ4n) is 1.95. The summed E-state index contributed by atoms with van der Waals surface area (Å²) in [6, 6.07) is 10.5. The molecule has 0 aliphatic carbocycles. The highest BCUT2D eigenvalue weighted by Crippen LogP contribution is 2.22. The van der Waals surface area contributed by atoms with Crippen LogP contribution >= 0.6 is 15.9 Å². The van der Waals surface area contributed by atoms with E-state index in [9.17, 15) is 8.42 Å². The van der Waals surface area contributed by atoms with Gasteiger partial charge in [-0.25, -0.2) is 8.42 Å². The number of hydrogen-bond acceptors (Lipinski definition) is 3. The Morgan fingerprint density at radius 2 is 1.76 bits per heavy atom. The molecule has 2 aromatic rings. The summed E-state index contributed by atoms with van der Waals surface area (Å²) in [5, 5.41) is 0. The lowest BCUT2D eigenvalue weighted by Crippen LogP contribution is -2.26. The minimum absolute atomic E-state index is 0.194. The zero-order valence-corrected chi connectivity index (χ0v) is 14.6. The van der Waals surface area contributed by atoms with Crippen LogP contribution in [0.1, 0.15) is 31.1 Å². The third-order valence-electron chi connectivity index (χ3n) is 3.26. The smallest absolute Gasteiger partial charge is 0.243 e. The molecule has 2 rings (SSSR count). The van der Waals surface area contributed by atoms with Crippen molar-refractivity contribution in [3.8, 4) is 0 Å². The molecule has 1 aromatic carbocycles. The largest absolute Gasteiger partial charge is 0.453 e. The number of sulfonamides is 1. The van der Waals surface area contributed by atoms with Crippen molar-refractivity contribution in [2.45, 2.75) is 31.2 Å². The van der Waals surface area contributed by atoms with Gasteiger partial charge in [0, 0.05) is 7.05 Å². The molecule has 21 heavy (non-hydrogen) atoms. The van der Waals surface area contributed by atoms with Gasteiger partial charge in [-0.2, -0.15) is 4.31 Å². The highest BCUT2D eigenvalue weighted by Gasteiger charge is 2.22. The molecule has 0 spiro atoms. The first-order chi connectivity index (χ1) is 9.80. The Kier molecular flexibility index (Phi) is 4.91. The molecule has 0 N–H and O–H groups in total. The standard InChI is InChI=1S/C15H18BrNO3S/c1-11(2)12-4-7-14(8-5-12)21(18,19)17(3)10-13-6-9-15(16)20-13/h4-9,11H,10H2,1-3H3. The van der Waals surface area contributed by atoms with Gasteiger partial charge in [-0.1, -0.05) is 26.0 Å². The van der Waals surface area contributed by atoms with E-state index in [0.29, 0.717) is 21.2 Å². The highest BCUT2D eigenvalue weighted by molar-refractivity contribution is 9.10. The molecule has 0 unspecified atom stereocenters. The summed E-state index contributed by atoms with van der Waals surface area (Å²) in [5.41, 5.74) is 1.12. The SMILES string of the molecule is CC(C)c1ccc(S(=O)(=O)N(C)Cc2ccc(Br)o2)cc1. The Hall–Kier alpha value is -1.11. The quantitative estimate of drug-likeness (QED) is 0.798. The number of hydrogen-bond donors (Lipinski definition) is 0.